The van der Waals surface area contributed by atoms with Gasteiger partial charge >= 0.3 is 5.97 Å². The first-order valence-electron chi connectivity index (χ1n) is 6.62. The Bertz CT molecular complexity index is 722. The van der Waals surface area contributed by atoms with E-state index in [9.17, 15) is 9.59 Å². The zero-order valence-corrected chi connectivity index (χ0v) is 12.0. The summed E-state index contributed by atoms with van der Waals surface area (Å²) in [5, 5.41) is 0. The van der Waals surface area contributed by atoms with Crippen LogP contribution in [0.2, 0.25) is 0 Å². The van der Waals surface area contributed by atoms with E-state index in [1.807, 2.05) is 31.2 Å². The number of nitrogens with zero attached hydrogens (tertiary/aromatic N) is 1. The predicted octanol–water partition coefficient (Wildman–Crippen LogP) is 1.43. The number of aromatic amines is 1. The number of aromatic nitrogens is 2. The highest BCUT2D eigenvalue weighted by Gasteiger charge is 2.14. The molecular formula is C15H17N3O3. The maximum absolute atomic E-state index is 12.1. The first-order valence-corrected chi connectivity index (χ1v) is 6.62. The van der Waals surface area contributed by atoms with E-state index in [4.69, 9.17) is 10.5 Å². The molecule has 6 nitrogen and oxygen atoms in total. The topological polar surface area (TPSA) is 98.1 Å². The van der Waals surface area contributed by atoms with Gasteiger partial charge in [0.1, 0.15) is 11.6 Å². The quantitative estimate of drug-likeness (QED) is 0.829. The molecule has 1 aromatic heterocycles. The summed E-state index contributed by atoms with van der Waals surface area (Å²) in [6.07, 6.45) is -0.184. The van der Waals surface area contributed by atoms with E-state index in [2.05, 4.69) is 9.97 Å². The summed E-state index contributed by atoms with van der Waals surface area (Å²) < 4.78 is 4.81. The molecule has 0 spiro atoms. The number of carbonyl (C=O) groups is 1. The number of nitrogens with two attached hydrogens (primary N) is 1. The van der Waals surface area contributed by atoms with Gasteiger partial charge in [-0.3, -0.25) is 9.59 Å². The Hall–Kier alpha value is -2.63. The van der Waals surface area contributed by atoms with E-state index in [1.165, 1.54) is 0 Å². The SMILES string of the molecule is CCOC(=O)Cc1c(N)nc(-c2cccc(C)c2)[nH]c1=O. The molecule has 0 amide bonds. The molecule has 0 aliphatic rings. The standard InChI is InChI=1S/C15H17N3O3/c1-3-21-12(19)8-11-13(16)17-14(18-15(11)20)10-6-4-5-9(2)7-10/h4-7H,3,8H2,1-2H3,(H3,16,17,18,20). The molecule has 2 rings (SSSR count). The van der Waals surface area contributed by atoms with Crippen molar-refractivity contribution in [2.75, 3.05) is 12.3 Å². The van der Waals surface area contributed by atoms with Crippen molar-refractivity contribution in [3.05, 3.63) is 45.7 Å². The molecule has 1 aromatic carbocycles. The molecule has 110 valence electrons. The molecule has 1 heterocycles. The summed E-state index contributed by atoms with van der Waals surface area (Å²) in [6.45, 7) is 3.90. The number of esters is 1. The Morgan fingerprint density at radius 1 is 1.43 bits per heavy atom. The number of nitrogen functional groups attached to an aromatic ring is 1. The third kappa shape index (κ3) is 3.47. The van der Waals surface area contributed by atoms with Crippen LogP contribution < -0.4 is 11.3 Å². The van der Waals surface area contributed by atoms with Crippen molar-refractivity contribution >= 4 is 11.8 Å². The van der Waals surface area contributed by atoms with Gasteiger partial charge in [0.2, 0.25) is 0 Å². The van der Waals surface area contributed by atoms with Gasteiger partial charge in [0, 0.05) is 5.56 Å². The summed E-state index contributed by atoms with van der Waals surface area (Å²) >= 11 is 0. The first kappa shape index (κ1) is 14.8. The highest BCUT2D eigenvalue weighted by molar-refractivity contribution is 5.74. The van der Waals surface area contributed by atoms with Crippen molar-refractivity contribution in [2.24, 2.45) is 0 Å². The third-order valence-corrected chi connectivity index (χ3v) is 2.97. The van der Waals surface area contributed by atoms with Crippen LogP contribution >= 0.6 is 0 Å². The van der Waals surface area contributed by atoms with Crippen LogP contribution in [-0.4, -0.2) is 22.5 Å². The number of aryl methyl sites for hydroxylation is 1. The molecule has 6 heteroatoms. The second-order valence-corrected chi connectivity index (χ2v) is 4.63. The normalized spacial score (nSPS) is 10.4. The van der Waals surface area contributed by atoms with E-state index in [-0.39, 0.29) is 24.4 Å². The fourth-order valence-electron chi connectivity index (χ4n) is 1.97. The van der Waals surface area contributed by atoms with Crippen molar-refractivity contribution in [3.63, 3.8) is 0 Å². The van der Waals surface area contributed by atoms with Gasteiger partial charge in [0.15, 0.2) is 0 Å². The summed E-state index contributed by atoms with van der Waals surface area (Å²) in [5.41, 5.74) is 7.32. The molecule has 2 aromatic rings. The highest BCUT2D eigenvalue weighted by Crippen LogP contribution is 2.17. The van der Waals surface area contributed by atoms with Crippen molar-refractivity contribution < 1.29 is 9.53 Å². The van der Waals surface area contributed by atoms with Gasteiger partial charge in [-0.05, 0) is 19.9 Å². The Kier molecular flexibility index (Phi) is 4.37. The summed E-state index contributed by atoms with van der Waals surface area (Å²) in [6, 6.07) is 7.53. The van der Waals surface area contributed by atoms with E-state index in [0.717, 1.165) is 11.1 Å². The Balaban J connectivity index is 2.37. The zero-order valence-electron chi connectivity index (χ0n) is 12.0. The maximum atomic E-state index is 12.1. The summed E-state index contributed by atoms with van der Waals surface area (Å²) in [5.74, 6) is -0.0723. The Labute approximate surface area is 122 Å². The van der Waals surface area contributed by atoms with Gasteiger partial charge in [0.05, 0.1) is 18.6 Å². The highest BCUT2D eigenvalue weighted by atomic mass is 16.5. The second-order valence-electron chi connectivity index (χ2n) is 4.63. The number of nitrogens with one attached hydrogen (secondary N) is 1. The van der Waals surface area contributed by atoms with E-state index >= 15 is 0 Å². The monoisotopic (exact) mass is 287 g/mol. The molecule has 0 radical (unpaired) electrons. The molecule has 3 N–H and O–H groups in total. The van der Waals surface area contributed by atoms with Crippen LogP contribution in [0.1, 0.15) is 18.1 Å². The first-order chi connectivity index (χ1) is 10.0. The molecule has 0 saturated carbocycles. The maximum Gasteiger partial charge on any atom is 0.310 e. The molecule has 0 fully saturated rings. The molecule has 0 aliphatic heterocycles. The van der Waals surface area contributed by atoms with E-state index < -0.39 is 11.5 Å². The van der Waals surface area contributed by atoms with Gasteiger partial charge in [-0.25, -0.2) is 4.98 Å². The molecule has 0 unspecified atom stereocenters. The molecule has 21 heavy (non-hydrogen) atoms. The van der Waals surface area contributed by atoms with Crippen molar-refractivity contribution in [3.8, 4) is 11.4 Å². The number of benzene rings is 1. The van der Waals surface area contributed by atoms with Gasteiger partial charge in [-0.2, -0.15) is 0 Å². The lowest BCUT2D eigenvalue weighted by atomic mass is 10.1. The molecule has 0 atom stereocenters. The average Bonchev–Trinajstić information content (AvgIpc) is 2.43. The molecule has 0 saturated heterocycles. The second kappa shape index (κ2) is 6.21. The minimum Gasteiger partial charge on any atom is -0.466 e. The van der Waals surface area contributed by atoms with Crippen molar-refractivity contribution in [1.29, 1.82) is 0 Å². The number of H-pyrrole nitrogens is 1. The number of hydrogen-bond donors (Lipinski definition) is 2. The van der Waals surface area contributed by atoms with Crippen LogP contribution in [0.4, 0.5) is 5.82 Å². The van der Waals surface area contributed by atoms with E-state index in [0.29, 0.717) is 5.82 Å². The van der Waals surface area contributed by atoms with Gasteiger partial charge in [0.25, 0.3) is 5.56 Å². The predicted molar refractivity (Wildman–Crippen MR) is 79.8 cm³/mol. The van der Waals surface area contributed by atoms with Gasteiger partial charge in [-0.1, -0.05) is 23.8 Å². The third-order valence-electron chi connectivity index (χ3n) is 2.97. The lowest BCUT2D eigenvalue weighted by Crippen LogP contribution is -2.22. The Morgan fingerprint density at radius 3 is 2.81 bits per heavy atom. The van der Waals surface area contributed by atoms with Crippen LogP contribution in [-0.2, 0) is 16.0 Å². The lowest BCUT2D eigenvalue weighted by molar-refractivity contribution is -0.142. The van der Waals surface area contributed by atoms with Crippen LogP contribution in [0, 0.1) is 6.92 Å². The van der Waals surface area contributed by atoms with Gasteiger partial charge in [-0.15, -0.1) is 0 Å². The fourth-order valence-corrected chi connectivity index (χ4v) is 1.97. The number of carbonyl (C=O) groups excluding carboxylic acids is 1. The fraction of sp³-hybridized carbons (Fsp3) is 0.267. The minimum absolute atomic E-state index is 0.0447. The number of ether oxygens (including phenoxy) is 1. The summed E-state index contributed by atoms with van der Waals surface area (Å²) in [7, 11) is 0. The van der Waals surface area contributed by atoms with Crippen molar-refractivity contribution in [2.45, 2.75) is 20.3 Å². The largest absolute Gasteiger partial charge is 0.466 e. The average molecular weight is 287 g/mol. The van der Waals surface area contributed by atoms with Crippen LogP contribution in [0.15, 0.2) is 29.1 Å². The van der Waals surface area contributed by atoms with Crippen LogP contribution in [0.25, 0.3) is 11.4 Å². The number of anilines is 1. The molecule has 0 bridgehead atoms. The Morgan fingerprint density at radius 2 is 2.19 bits per heavy atom. The number of hydrogen-bond acceptors (Lipinski definition) is 5. The minimum atomic E-state index is -0.500. The summed E-state index contributed by atoms with van der Waals surface area (Å²) in [4.78, 5) is 30.4. The van der Waals surface area contributed by atoms with Crippen LogP contribution in [0.5, 0.6) is 0 Å². The molecular weight excluding hydrogens is 270 g/mol. The molecule has 0 aliphatic carbocycles. The van der Waals surface area contributed by atoms with Crippen molar-refractivity contribution in [1.82, 2.24) is 9.97 Å². The number of rotatable bonds is 4. The lowest BCUT2D eigenvalue weighted by Gasteiger charge is -2.07. The van der Waals surface area contributed by atoms with E-state index in [1.54, 1.807) is 6.92 Å². The van der Waals surface area contributed by atoms with Gasteiger partial charge < -0.3 is 15.5 Å². The zero-order chi connectivity index (χ0) is 15.4. The smallest absolute Gasteiger partial charge is 0.310 e. The van der Waals surface area contributed by atoms with Crippen LogP contribution in [0.3, 0.4) is 0 Å².